The third-order valence-corrected chi connectivity index (χ3v) is 3.33. The molecule has 0 spiro atoms. The van der Waals surface area contributed by atoms with Gasteiger partial charge in [0.1, 0.15) is 0 Å². The van der Waals surface area contributed by atoms with Gasteiger partial charge in [0.15, 0.2) is 0 Å². The minimum atomic E-state index is -2.53. The fraction of sp³-hybridized carbons (Fsp3) is 0.889. The molecule has 0 saturated heterocycles. The quantitative estimate of drug-likeness (QED) is 0.590. The number of fused-ring (bicyclic) bond motifs is 2. The molecule has 2 fully saturated rings. The van der Waals surface area contributed by atoms with Crippen molar-refractivity contribution in [2.24, 2.45) is 17.8 Å². The standard InChI is InChI=1S/C9H12F2O2/c1-13-8(12)7-3-6-2-5(7)4-9(6,10)11/h5-7H,2-4H2,1H3. The minimum Gasteiger partial charge on any atom is -0.469 e. The number of hydrogen-bond donors (Lipinski definition) is 0. The Kier molecular flexibility index (Phi) is 1.82. The SMILES string of the molecule is COC(=O)C1CC2CC1CC2(F)F. The number of esters is 1. The largest absolute Gasteiger partial charge is 0.469 e. The van der Waals surface area contributed by atoms with E-state index in [1.54, 1.807) is 0 Å². The maximum atomic E-state index is 13.0. The van der Waals surface area contributed by atoms with Gasteiger partial charge in [0.05, 0.1) is 13.0 Å². The summed E-state index contributed by atoms with van der Waals surface area (Å²) in [7, 11) is 1.31. The zero-order chi connectivity index (χ0) is 9.64. The van der Waals surface area contributed by atoms with E-state index in [-0.39, 0.29) is 24.2 Å². The molecular formula is C9H12F2O2. The lowest BCUT2D eigenvalue weighted by atomic mass is 9.87. The van der Waals surface area contributed by atoms with Gasteiger partial charge < -0.3 is 4.74 Å². The lowest BCUT2D eigenvalue weighted by Crippen LogP contribution is -2.32. The lowest BCUT2D eigenvalue weighted by molar-refractivity contribution is -0.150. The van der Waals surface area contributed by atoms with E-state index in [9.17, 15) is 13.6 Å². The molecule has 3 atom stereocenters. The normalized spacial score (nSPS) is 40.7. The Balaban J connectivity index is 2.07. The van der Waals surface area contributed by atoms with Crippen LogP contribution in [0.3, 0.4) is 0 Å². The van der Waals surface area contributed by atoms with Crippen LogP contribution in [0.5, 0.6) is 0 Å². The van der Waals surface area contributed by atoms with Crippen molar-refractivity contribution in [2.75, 3.05) is 7.11 Å². The van der Waals surface area contributed by atoms with E-state index in [0.717, 1.165) is 0 Å². The van der Waals surface area contributed by atoms with Crippen LogP contribution in [0, 0.1) is 17.8 Å². The Morgan fingerprint density at radius 2 is 2.15 bits per heavy atom. The molecule has 3 unspecified atom stereocenters. The first-order valence-corrected chi connectivity index (χ1v) is 4.50. The highest BCUT2D eigenvalue weighted by molar-refractivity contribution is 5.73. The maximum Gasteiger partial charge on any atom is 0.308 e. The van der Waals surface area contributed by atoms with Gasteiger partial charge in [0, 0.05) is 12.3 Å². The van der Waals surface area contributed by atoms with Crippen LogP contribution >= 0.6 is 0 Å². The van der Waals surface area contributed by atoms with Crippen LogP contribution in [-0.4, -0.2) is 19.0 Å². The van der Waals surface area contributed by atoms with Gasteiger partial charge in [-0.3, -0.25) is 4.79 Å². The number of halogens is 2. The van der Waals surface area contributed by atoms with Crippen LogP contribution < -0.4 is 0 Å². The summed E-state index contributed by atoms with van der Waals surface area (Å²) in [5.74, 6) is -3.85. The lowest BCUT2D eigenvalue weighted by Gasteiger charge is -2.25. The van der Waals surface area contributed by atoms with E-state index in [4.69, 9.17) is 0 Å². The second-order valence-electron chi connectivity index (χ2n) is 4.02. The highest BCUT2D eigenvalue weighted by atomic mass is 19.3. The number of rotatable bonds is 1. The first-order chi connectivity index (χ1) is 6.04. The molecular weight excluding hydrogens is 178 g/mol. The van der Waals surface area contributed by atoms with E-state index < -0.39 is 11.8 Å². The summed E-state index contributed by atoms with van der Waals surface area (Å²) in [6.07, 6.45) is 0.675. The molecule has 0 aromatic carbocycles. The molecule has 0 N–H and O–H groups in total. The molecule has 0 aromatic heterocycles. The number of carbonyl (C=O) groups is 1. The predicted octanol–water partition coefficient (Wildman–Crippen LogP) is 1.84. The second kappa shape index (κ2) is 2.66. The van der Waals surface area contributed by atoms with Gasteiger partial charge in [-0.05, 0) is 18.8 Å². The van der Waals surface area contributed by atoms with Crippen LogP contribution in [-0.2, 0) is 9.53 Å². The third kappa shape index (κ3) is 1.23. The first kappa shape index (κ1) is 8.91. The Hall–Kier alpha value is -0.670. The number of carbonyl (C=O) groups excluding carboxylic acids is 1. The van der Waals surface area contributed by atoms with Crippen molar-refractivity contribution in [3.8, 4) is 0 Å². The van der Waals surface area contributed by atoms with E-state index in [2.05, 4.69) is 4.74 Å². The van der Waals surface area contributed by atoms with Crippen molar-refractivity contribution in [1.82, 2.24) is 0 Å². The summed E-state index contributed by atoms with van der Waals surface area (Å²) in [5, 5.41) is 0. The molecule has 0 heterocycles. The van der Waals surface area contributed by atoms with Crippen LogP contribution in [0.25, 0.3) is 0 Å². The summed E-state index contributed by atoms with van der Waals surface area (Å²) in [5.41, 5.74) is 0. The molecule has 0 aliphatic heterocycles. The molecule has 2 saturated carbocycles. The van der Waals surface area contributed by atoms with Gasteiger partial charge in [-0.1, -0.05) is 0 Å². The first-order valence-electron chi connectivity index (χ1n) is 4.50. The Bertz CT molecular complexity index is 240. The zero-order valence-corrected chi connectivity index (χ0v) is 7.43. The van der Waals surface area contributed by atoms with E-state index in [1.807, 2.05) is 0 Å². The van der Waals surface area contributed by atoms with Gasteiger partial charge in [0.25, 0.3) is 5.92 Å². The van der Waals surface area contributed by atoms with Crippen molar-refractivity contribution in [3.05, 3.63) is 0 Å². The number of ether oxygens (including phenoxy) is 1. The minimum absolute atomic E-state index is 0.128. The van der Waals surface area contributed by atoms with Gasteiger partial charge in [-0.25, -0.2) is 8.78 Å². The molecule has 0 radical (unpaired) electrons. The van der Waals surface area contributed by atoms with Crippen molar-refractivity contribution < 1.29 is 18.3 Å². The fourth-order valence-corrected chi connectivity index (χ4v) is 2.65. The van der Waals surface area contributed by atoms with Gasteiger partial charge >= 0.3 is 5.97 Å². The topological polar surface area (TPSA) is 26.3 Å². The van der Waals surface area contributed by atoms with Crippen LogP contribution in [0.2, 0.25) is 0 Å². The highest BCUT2D eigenvalue weighted by Gasteiger charge is 2.58. The average molecular weight is 190 g/mol. The van der Waals surface area contributed by atoms with Crippen LogP contribution in [0.4, 0.5) is 8.78 Å². The molecule has 13 heavy (non-hydrogen) atoms. The molecule has 2 rings (SSSR count). The predicted molar refractivity (Wildman–Crippen MR) is 41.3 cm³/mol. The summed E-state index contributed by atoms with van der Waals surface area (Å²) >= 11 is 0. The molecule has 4 heteroatoms. The fourth-order valence-electron chi connectivity index (χ4n) is 2.65. The van der Waals surface area contributed by atoms with Gasteiger partial charge in [-0.15, -0.1) is 0 Å². The Labute approximate surface area is 75.3 Å². The Morgan fingerprint density at radius 1 is 1.46 bits per heavy atom. The summed E-state index contributed by atoms with van der Waals surface area (Å²) in [6, 6.07) is 0. The zero-order valence-electron chi connectivity index (χ0n) is 7.43. The van der Waals surface area contributed by atoms with Crippen LogP contribution in [0.15, 0.2) is 0 Å². The van der Waals surface area contributed by atoms with Gasteiger partial charge in [-0.2, -0.15) is 0 Å². The van der Waals surface area contributed by atoms with E-state index >= 15 is 0 Å². The maximum absolute atomic E-state index is 13.0. The molecule has 2 aliphatic rings. The summed E-state index contributed by atoms with van der Waals surface area (Å²) in [4.78, 5) is 11.1. The Morgan fingerprint density at radius 3 is 2.54 bits per heavy atom. The number of alkyl halides is 2. The van der Waals surface area contributed by atoms with Crippen molar-refractivity contribution >= 4 is 5.97 Å². The molecule has 2 aliphatic carbocycles. The van der Waals surface area contributed by atoms with Crippen molar-refractivity contribution in [2.45, 2.75) is 25.2 Å². The number of hydrogen-bond acceptors (Lipinski definition) is 2. The second-order valence-corrected chi connectivity index (χ2v) is 4.02. The van der Waals surface area contributed by atoms with Crippen molar-refractivity contribution in [1.29, 1.82) is 0 Å². The molecule has 74 valence electrons. The van der Waals surface area contributed by atoms with Gasteiger partial charge in [0.2, 0.25) is 0 Å². The smallest absolute Gasteiger partial charge is 0.308 e. The molecule has 2 bridgehead atoms. The monoisotopic (exact) mass is 190 g/mol. The van der Waals surface area contributed by atoms with Crippen LogP contribution in [0.1, 0.15) is 19.3 Å². The molecule has 2 nitrogen and oxygen atoms in total. The average Bonchev–Trinajstić information content (AvgIpc) is 2.57. The number of methoxy groups -OCH3 is 1. The highest BCUT2D eigenvalue weighted by Crippen LogP contribution is 2.56. The summed E-state index contributed by atoms with van der Waals surface area (Å²) in [6.45, 7) is 0. The van der Waals surface area contributed by atoms with E-state index in [0.29, 0.717) is 12.8 Å². The van der Waals surface area contributed by atoms with E-state index in [1.165, 1.54) is 7.11 Å². The third-order valence-electron chi connectivity index (χ3n) is 3.33. The molecule has 0 aromatic rings. The molecule has 0 amide bonds. The van der Waals surface area contributed by atoms with Crippen molar-refractivity contribution in [3.63, 3.8) is 0 Å². The summed E-state index contributed by atoms with van der Waals surface area (Å²) < 4.78 is 30.6.